The fourth-order valence-electron chi connectivity index (χ4n) is 4.69. The maximum Gasteiger partial charge on any atom is 0.284 e. The molecule has 180 valence electrons. The van der Waals surface area contributed by atoms with Crippen molar-refractivity contribution in [1.29, 1.82) is 0 Å². The first kappa shape index (κ1) is 23.4. The van der Waals surface area contributed by atoms with Gasteiger partial charge in [0.25, 0.3) is 5.56 Å². The second-order valence-electron chi connectivity index (χ2n) is 8.73. The summed E-state index contributed by atoms with van der Waals surface area (Å²) in [7, 11) is 0. The molecular formula is C27H29N5O2S. The van der Waals surface area contributed by atoms with E-state index in [0.29, 0.717) is 17.9 Å². The summed E-state index contributed by atoms with van der Waals surface area (Å²) >= 11 is 1.45. The highest BCUT2D eigenvalue weighted by atomic mass is 32.2. The summed E-state index contributed by atoms with van der Waals surface area (Å²) in [5, 5.41) is 5.01. The van der Waals surface area contributed by atoms with Crippen LogP contribution in [0.4, 0.5) is 5.69 Å². The number of carbonyl (C=O) groups is 1. The second kappa shape index (κ2) is 10.1. The van der Waals surface area contributed by atoms with Gasteiger partial charge >= 0.3 is 0 Å². The minimum absolute atomic E-state index is 0.0351. The van der Waals surface area contributed by atoms with Crippen molar-refractivity contribution in [3.63, 3.8) is 0 Å². The largest absolute Gasteiger partial charge is 0.324 e. The van der Waals surface area contributed by atoms with E-state index in [2.05, 4.69) is 9.67 Å². The molecule has 0 spiro atoms. The Bertz CT molecular complexity index is 1350. The van der Waals surface area contributed by atoms with Crippen LogP contribution in [-0.4, -0.2) is 37.0 Å². The predicted molar refractivity (Wildman–Crippen MR) is 140 cm³/mol. The van der Waals surface area contributed by atoms with Crippen LogP contribution in [0.5, 0.6) is 0 Å². The summed E-state index contributed by atoms with van der Waals surface area (Å²) < 4.78 is 3.60. The predicted octanol–water partition coefficient (Wildman–Crippen LogP) is 4.79. The van der Waals surface area contributed by atoms with E-state index in [-0.39, 0.29) is 16.7 Å². The van der Waals surface area contributed by atoms with E-state index in [4.69, 9.17) is 4.98 Å². The average Bonchev–Trinajstić information content (AvgIpc) is 3.05. The smallest absolute Gasteiger partial charge is 0.284 e. The van der Waals surface area contributed by atoms with Gasteiger partial charge in [-0.15, -0.1) is 5.10 Å². The molecule has 0 N–H and O–H groups in total. The van der Waals surface area contributed by atoms with Crippen molar-refractivity contribution >= 4 is 23.4 Å². The van der Waals surface area contributed by atoms with Crippen molar-refractivity contribution in [1.82, 2.24) is 19.3 Å². The fraction of sp³-hybridized carbons (Fsp3) is 0.333. The maximum absolute atomic E-state index is 13.4. The Labute approximate surface area is 209 Å². The van der Waals surface area contributed by atoms with Crippen LogP contribution >= 0.6 is 11.8 Å². The van der Waals surface area contributed by atoms with Gasteiger partial charge in [-0.25, -0.2) is 4.98 Å². The number of fused-ring (bicyclic) bond motifs is 3. The van der Waals surface area contributed by atoms with Crippen molar-refractivity contribution in [3.8, 4) is 17.1 Å². The van der Waals surface area contributed by atoms with Crippen LogP contribution in [0.1, 0.15) is 38.8 Å². The summed E-state index contributed by atoms with van der Waals surface area (Å²) in [4.78, 5) is 33.5. The minimum Gasteiger partial charge on any atom is -0.324 e. The van der Waals surface area contributed by atoms with Gasteiger partial charge in [0.15, 0.2) is 11.0 Å². The zero-order chi connectivity index (χ0) is 24.4. The fourth-order valence-corrected chi connectivity index (χ4v) is 5.70. The highest BCUT2D eigenvalue weighted by Gasteiger charge is 2.29. The summed E-state index contributed by atoms with van der Waals surface area (Å²) in [6, 6.07) is 19.2. The van der Waals surface area contributed by atoms with Crippen LogP contribution < -0.4 is 10.5 Å². The molecule has 0 aromatic heterocycles. The molecule has 0 bridgehead atoms. The van der Waals surface area contributed by atoms with Crippen LogP contribution in [-0.2, 0) is 17.8 Å². The van der Waals surface area contributed by atoms with E-state index in [1.54, 1.807) is 4.90 Å². The third kappa shape index (κ3) is 4.50. The standard InChI is InChI=1S/C27H29N5O2S/c1-3-30(20-13-7-4-8-14-20)25(33)19(2)35-27-28-24-23(22-17-11-6-12-18-31(22)27)26(34)32(29-24)21-15-9-5-10-16-21/h4-5,7-10,13-16,19H,3,6,11-12,17-18H2,1-2H3. The molecule has 35 heavy (non-hydrogen) atoms. The van der Waals surface area contributed by atoms with Crippen molar-refractivity contribution in [3.05, 3.63) is 76.7 Å². The highest BCUT2D eigenvalue weighted by molar-refractivity contribution is 8.00. The quantitative estimate of drug-likeness (QED) is 0.289. The van der Waals surface area contributed by atoms with E-state index in [1.807, 2.05) is 74.5 Å². The summed E-state index contributed by atoms with van der Waals surface area (Å²) in [5.74, 6) is 0.484. The molecule has 5 rings (SSSR count). The van der Waals surface area contributed by atoms with Crippen LogP contribution in [0.3, 0.4) is 0 Å². The van der Waals surface area contributed by atoms with E-state index in [9.17, 15) is 9.59 Å². The molecule has 0 aliphatic carbocycles. The van der Waals surface area contributed by atoms with E-state index < -0.39 is 0 Å². The molecule has 1 amide bonds. The number of aromatic nitrogens is 4. The highest BCUT2D eigenvalue weighted by Crippen LogP contribution is 2.33. The van der Waals surface area contributed by atoms with Gasteiger partial charge in [-0.05, 0) is 57.4 Å². The number of hydrogen-bond donors (Lipinski definition) is 0. The lowest BCUT2D eigenvalue weighted by Crippen LogP contribution is -2.36. The molecule has 2 aromatic carbocycles. The normalized spacial score (nSPS) is 14.3. The van der Waals surface area contributed by atoms with E-state index in [1.165, 1.54) is 16.4 Å². The van der Waals surface area contributed by atoms with Gasteiger partial charge in [0, 0.05) is 24.5 Å². The van der Waals surface area contributed by atoms with Gasteiger partial charge in [0.2, 0.25) is 5.91 Å². The van der Waals surface area contributed by atoms with Gasteiger partial charge in [-0.1, -0.05) is 54.6 Å². The number of amides is 1. The van der Waals surface area contributed by atoms with Gasteiger partial charge in [0.1, 0.15) is 5.56 Å². The van der Waals surface area contributed by atoms with Crippen LogP contribution in [0, 0.1) is 0 Å². The molecule has 0 fully saturated rings. The van der Waals surface area contributed by atoms with Gasteiger partial charge in [0.05, 0.1) is 10.9 Å². The molecule has 1 atom stereocenters. The van der Waals surface area contributed by atoms with Crippen LogP contribution in [0.2, 0.25) is 0 Å². The number of anilines is 1. The number of para-hydroxylation sites is 2. The average molecular weight is 488 g/mol. The Morgan fingerprint density at radius 2 is 1.77 bits per heavy atom. The molecule has 3 heterocycles. The molecule has 0 radical (unpaired) electrons. The SMILES string of the molecule is CCN(C(=O)C(C)Sc1nc2nn(-c3ccccc3)c(=O)c-2c2n1CCCCC2)c1ccccc1. The number of thioether (sulfide) groups is 1. The third-order valence-electron chi connectivity index (χ3n) is 6.45. The number of nitrogens with zero attached hydrogens (tertiary/aromatic N) is 5. The van der Waals surface area contributed by atoms with Crippen molar-refractivity contribution < 1.29 is 4.79 Å². The van der Waals surface area contributed by atoms with Crippen LogP contribution in [0.15, 0.2) is 70.6 Å². The molecule has 2 aromatic rings. The Balaban J connectivity index is 1.55. The summed E-state index contributed by atoms with van der Waals surface area (Å²) in [6.45, 7) is 5.29. The van der Waals surface area contributed by atoms with E-state index in [0.717, 1.165) is 54.5 Å². The van der Waals surface area contributed by atoms with E-state index >= 15 is 0 Å². The zero-order valence-corrected chi connectivity index (χ0v) is 20.9. The first-order valence-electron chi connectivity index (χ1n) is 12.2. The lowest BCUT2D eigenvalue weighted by Gasteiger charge is -2.25. The number of benzene rings is 2. The molecule has 1 unspecified atom stereocenters. The third-order valence-corrected chi connectivity index (χ3v) is 7.53. The second-order valence-corrected chi connectivity index (χ2v) is 10.0. The molecule has 8 heteroatoms. The summed E-state index contributed by atoms with van der Waals surface area (Å²) in [5.41, 5.74) is 3.06. The topological polar surface area (TPSA) is 73.0 Å². The number of rotatable bonds is 6. The first-order chi connectivity index (χ1) is 17.1. The zero-order valence-electron chi connectivity index (χ0n) is 20.1. The Hall–Kier alpha value is -3.39. The minimum atomic E-state index is -0.345. The van der Waals surface area contributed by atoms with Crippen LogP contribution in [0.25, 0.3) is 17.1 Å². The molecule has 0 saturated carbocycles. The molecule has 3 aliphatic heterocycles. The Morgan fingerprint density at radius 1 is 1.06 bits per heavy atom. The molecule has 7 nitrogen and oxygen atoms in total. The lowest BCUT2D eigenvalue weighted by molar-refractivity contribution is -0.117. The molecular weight excluding hydrogens is 458 g/mol. The van der Waals surface area contributed by atoms with Gasteiger partial charge in [-0.2, -0.15) is 4.68 Å². The van der Waals surface area contributed by atoms with Gasteiger partial charge < -0.3 is 9.47 Å². The lowest BCUT2D eigenvalue weighted by atomic mass is 10.1. The number of carbonyl (C=O) groups excluding carboxylic acids is 1. The molecule has 0 saturated heterocycles. The Kier molecular flexibility index (Phi) is 6.72. The molecule has 3 aliphatic rings. The van der Waals surface area contributed by atoms with Crippen molar-refractivity contribution in [2.24, 2.45) is 0 Å². The van der Waals surface area contributed by atoms with Gasteiger partial charge in [-0.3, -0.25) is 9.59 Å². The monoisotopic (exact) mass is 487 g/mol. The van der Waals surface area contributed by atoms with Crippen molar-refractivity contribution in [2.75, 3.05) is 11.4 Å². The maximum atomic E-state index is 13.4. The van der Waals surface area contributed by atoms with Crippen molar-refractivity contribution in [2.45, 2.75) is 56.5 Å². The number of hydrogen-bond acceptors (Lipinski definition) is 5. The summed E-state index contributed by atoms with van der Waals surface area (Å²) in [6.07, 6.45) is 3.94. The first-order valence-corrected chi connectivity index (χ1v) is 13.1. The Morgan fingerprint density at radius 3 is 2.49 bits per heavy atom.